The summed E-state index contributed by atoms with van der Waals surface area (Å²) in [5, 5.41) is 10.6. The smallest absolute Gasteiger partial charge is 0.225 e. The number of carbonyl (C=O) groups excluding carboxylic acids is 1. The third kappa shape index (κ3) is 3.31. The zero-order valence-corrected chi connectivity index (χ0v) is 17.1. The summed E-state index contributed by atoms with van der Waals surface area (Å²) >= 11 is 0. The molecule has 3 aromatic rings. The van der Waals surface area contributed by atoms with E-state index in [9.17, 15) is 23.1 Å². The second-order valence-electron chi connectivity index (χ2n) is 8.87. The van der Waals surface area contributed by atoms with Crippen molar-refractivity contribution in [3.05, 3.63) is 59.4 Å². The number of aromatic amines is 1. The number of nitrogens with one attached hydrogen (secondary N) is 1. The van der Waals surface area contributed by atoms with Gasteiger partial charge in [0.2, 0.25) is 5.91 Å². The highest BCUT2D eigenvalue weighted by Gasteiger charge is 2.47. The fourth-order valence-corrected chi connectivity index (χ4v) is 4.87. The normalized spacial score (nSPS) is 22.3. The number of aliphatic hydroxyl groups is 1. The molecular formula is C24H23F3N2O2. The van der Waals surface area contributed by atoms with Gasteiger partial charge in [0.1, 0.15) is 17.5 Å². The molecule has 0 bridgehead atoms. The second-order valence-corrected chi connectivity index (χ2v) is 8.87. The lowest BCUT2D eigenvalue weighted by atomic mass is 9.69. The third-order valence-electron chi connectivity index (χ3n) is 6.83. The quantitative estimate of drug-likeness (QED) is 0.631. The summed E-state index contributed by atoms with van der Waals surface area (Å²) in [6.07, 6.45) is 1.75. The van der Waals surface area contributed by atoms with E-state index in [2.05, 4.69) is 4.98 Å². The highest BCUT2D eigenvalue weighted by atomic mass is 19.1. The fourth-order valence-electron chi connectivity index (χ4n) is 4.87. The first-order valence-corrected chi connectivity index (χ1v) is 10.6. The first-order chi connectivity index (χ1) is 14.8. The van der Waals surface area contributed by atoms with Crippen LogP contribution in [0, 0.1) is 23.4 Å². The molecule has 31 heavy (non-hydrogen) atoms. The minimum absolute atomic E-state index is 0.0231. The van der Waals surface area contributed by atoms with E-state index in [0.29, 0.717) is 49.0 Å². The van der Waals surface area contributed by atoms with Gasteiger partial charge in [0.25, 0.3) is 0 Å². The van der Waals surface area contributed by atoms with Crippen LogP contribution in [0.15, 0.2) is 36.4 Å². The molecule has 2 aromatic carbocycles. The van der Waals surface area contributed by atoms with Gasteiger partial charge in [0, 0.05) is 17.4 Å². The molecule has 162 valence electrons. The van der Waals surface area contributed by atoms with Crippen LogP contribution in [0.4, 0.5) is 13.2 Å². The van der Waals surface area contributed by atoms with Crippen molar-refractivity contribution in [3.8, 4) is 11.3 Å². The number of H-pyrrole nitrogens is 1. The van der Waals surface area contributed by atoms with Crippen LogP contribution in [0.25, 0.3) is 22.2 Å². The van der Waals surface area contributed by atoms with Crippen molar-refractivity contribution in [3.63, 3.8) is 0 Å². The predicted molar refractivity (Wildman–Crippen MR) is 111 cm³/mol. The molecule has 2 heterocycles. The number of halogens is 3. The maximum atomic E-state index is 14.5. The van der Waals surface area contributed by atoms with Crippen molar-refractivity contribution in [2.45, 2.75) is 37.7 Å². The number of rotatable bonds is 4. The molecule has 4 nitrogen and oxygen atoms in total. The number of aromatic nitrogens is 1. The van der Waals surface area contributed by atoms with E-state index in [4.69, 9.17) is 0 Å². The molecule has 1 aliphatic carbocycles. The van der Waals surface area contributed by atoms with Crippen LogP contribution in [0.5, 0.6) is 0 Å². The Morgan fingerprint density at radius 1 is 1.13 bits per heavy atom. The van der Waals surface area contributed by atoms with Gasteiger partial charge in [-0.3, -0.25) is 4.79 Å². The van der Waals surface area contributed by atoms with Crippen molar-refractivity contribution in [2.24, 2.45) is 5.92 Å². The number of hydrogen-bond acceptors (Lipinski definition) is 2. The molecule has 0 spiro atoms. The summed E-state index contributed by atoms with van der Waals surface area (Å²) in [7, 11) is 0. The van der Waals surface area contributed by atoms with Gasteiger partial charge in [-0.1, -0.05) is 6.92 Å². The maximum absolute atomic E-state index is 14.5. The number of nitrogens with zero attached hydrogens (tertiary/aromatic N) is 1. The molecule has 1 aromatic heterocycles. The lowest BCUT2D eigenvalue weighted by molar-refractivity contribution is -0.163. The van der Waals surface area contributed by atoms with Crippen LogP contribution in [-0.4, -0.2) is 39.6 Å². The maximum Gasteiger partial charge on any atom is 0.225 e. The Morgan fingerprint density at radius 3 is 2.45 bits per heavy atom. The van der Waals surface area contributed by atoms with Crippen LogP contribution >= 0.6 is 0 Å². The Hall–Kier alpha value is -2.80. The van der Waals surface area contributed by atoms with Gasteiger partial charge in [-0.25, -0.2) is 13.2 Å². The van der Waals surface area contributed by atoms with Gasteiger partial charge in [-0.2, -0.15) is 0 Å². The first-order valence-electron chi connectivity index (χ1n) is 10.6. The average Bonchev–Trinajstić information content (AvgIpc) is 3.04. The zero-order chi connectivity index (χ0) is 21.9. The molecule has 0 radical (unpaired) electrons. The Morgan fingerprint density at radius 2 is 1.81 bits per heavy atom. The molecule has 0 atom stereocenters. The van der Waals surface area contributed by atoms with E-state index in [0.717, 1.165) is 11.6 Å². The van der Waals surface area contributed by atoms with Crippen LogP contribution in [0.1, 0.15) is 37.7 Å². The summed E-state index contributed by atoms with van der Waals surface area (Å²) in [5.74, 6) is -1.92. The van der Waals surface area contributed by atoms with Gasteiger partial charge >= 0.3 is 0 Å². The highest BCUT2D eigenvalue weighted by molar-refractivity contribution is 5.92. The molecule has 5 rings (SSSR count). The molecule has 1 amide bonds. The van der Waals surface area contributed by atoms with Crippen molar-refractivity contribution < 1.29 is 23.1 Å². The summed E-state index contributed by atoms with van der Waals surface area (Å²) < 4.78 is 41.9. The van der Waals surface area contributed by atoms with Gasteiger partial charge in [0.15, 0.2) is 0 Å². The molecular weight excluding hydrogens is 405 g/mol. The fraction of sp³-hybridized carbons (Fsp3) is 0.375. The van der Waals surface area contributed by atoms with Gasteiger partial charge in [-0.05, 0) is 66.6 Å². The van der Waals surface area contributed by atoms with Crippen LogP contribution in [0.3, 0.4) is 0 Å². The summed E-state index contributed by atoms with van der Waals surface area (Å²) in [6, 6.07) is 8.00. The first kappa shape index (κ1) is 20.1. The molecule has 1 saturated heterocycles. The lowest BCUT2D eigenvalue weighted by Gasteiger charge is -2.49. The molecule has 1 saturated carbocycles. The zero-order valence-electron chi connectivity index (χ0n) is 17.1. The minimum atomic E-state index is -0.777. The van der Waals surface area contributed by atoms with Crippen molar-refractivity contribution in [1.82, 2.24) is 9.88 Å². The van der Waals surface area contributed by atoms with E-state index in [1.807, 2.05) is 6.92 Å². The molecule has 7 heteroatoms. The third-order valence-corrected chi connectivity index (χ3v) is 6.83. The number of β-amino-alcohol motifs (C(OH)–C–C–N with tert-alkyl or cyclic N) is 1. The standard InChI is InChI=1S/C24H23F3N2O2/c1-2-24(31)11-29(12-24)23(30)15-7-14(8-15)20-18-9-17(26)10-19(27)22(18)28-21(20)13-3-5-16(25)6-4-13/h3-6,9-10,14-15,28,31H,2,7-8,11-12H2,1H3/t14-,15-. The number of hydrogen-bond donors (Lipinski definition) is 2. The monoisotopic (exact) mass is 428 g/mol. The summed E-state index contributed by atoms with van der Waals surface area (Å²) in [5.41, 5.74) is 1.50. The Balaban J connectivity index is 1.45. The predicted octanol–water partition coefficient (Wildman–Crippen LogP) is 4.73. The Bertz CT molecular complexity index is 1160. The lowest BCUT2D eigenvalue weighted by Crippen LogP contribution is -2.64. The molecule has 0 unspecified atom stereocenters. The number of likely N-dealkylation sites (tertiary alicyclic amines) is 1. The van der Waals surface area contributed by atoms with Crippen LogP contribution in [-0.2, 0) is 4.79 Å². The highest BCUT2D eigenvalue weighted by Crippen LogP contribution is 2.49. The van der Waals surface area contributed by atoms with Gasteiger partial charge in [0.05, 0.1) is 29.9 Å². The van der Waals surface area contributed by atoms with E-state index in [-0.39, 0.29) is 29.1 Å². The number of benzene rings is 2. The van der Waals surface area contributed by atoms with E-state index in [1.165, 1.54) is 18.2 Å². The Kier molecular flexibility index (Phi) is 4.62. The van der Waals surface area contributed by atoms with Crippen molar-refractivity contribution in [1.29, 1.82) is 0 Å². The summed E-state index contributed by atoms with van der Waals surface area (Å²) in [6.45, 7) is 2.61. The summed E-state index contributed by atoms with van der Waals surface area (Å²) in [4.78, 5) is 17.5. The molecule has 2 aliphatic rings. The van der Waals surface area contributed by atoms with E-state index in [1.54, 1.807) is 17.0 Å². The van der Waals surface area contributed by atoms with Crippen LogP contribution in [0.2, 0.25) is 0 Å². The molecule has 2 fully saturated rings. The van der Waals surface area contributed by atoms with Gasteiger partial charge in [-0.15, -0.1) is 0 Å². The molecule has 2 N–H and O–H groups in total. The van der Waals surface area contributed by atoms with Crippen molar-refractivity contribution in [2.75, 3.05) is 13.1 Å². The second kappa shape index (κ2) is 7.12. The van der Waals surface area contributed by atoms with Gasteiger partial charge < -0.3 is 15.0 Å². The average molecular weight is 428 g/mol. The number of fused-ring (bicyclic) bond motifs is 1. The Labute approximate surface area is 177 Å². The minimum Gasteiger partial charge on any atom is -0.386 e. The largest absolute Gasteiger partial charge is 0.386 e. The van der Waals surface area contributed by atoms with E-state index < -0.39 is 17.2 Å². The number of amides is 1. The molecule has 1 aliphatic heterocycles. The topological polar surface area (TPSA) is 56.3 Å². The van der Waals surface area contributed by atoms with Crippen LogP contribution < -0.4 is 0 Å². The number of carbonyl (C=O) groups is 1. The SMILES string of the molecule is CCC1(O)CN(C(=O)[C@H]2C[C@H](c3c(-c4ccc(F)cc4)[nH]c4c(F)cc(F)cc43)C2)C1. The van der Waals surface area contributed by atoms with Crippen molar-refractivity contribution >= 4 is 16.8 Å². The van der Waals surface area contributed by atoms with E-state index >= 15 is 0 Å².